The van der Waals surface area contributed by atoms with Gasteiger partial charge in [0.05, 0.1) is 0 Å². The molecule has 0 saturated carbocycles. The SMILES string of the molecule is CCCn1c(C)cc(/C=C(\C#N)C(=O)N(C)Cc2ccccc2Cl)c1C. The number of nitriles is 1. The molecule has 4 nitrogen and oxygen atoms in total. The molecule has 0 bridgehead atoms. The summed E-state index contributed by atoms with van der Waals surface area (Å²) in [6.07, 6.45) is 2.71. The van der Waals surface area contributed by atoms with Crippen LogP contribution in [0.2, 0.25) is 5.02 Å². The van der Waals surface area contributed by atoms with E-state index >= 15 is 0 Å². The van der Waals surface area contributed by atoms with E-state index in [1.54, 1.807) is 19.2 Å². The maximum atomic E-state index is 12.7. The summed E-state index contributed by atoms with van der Waals surface area (Å²) >= 11 is 6.17. The molecular formula is C21H24ClN3O. The van der Waals surface area contributed by atoms with E-state index < -0.39 is 0 Å². The number of hydrogen-bond acceptors (Lipinski definition) is 2. The van der Waals surface area contributed by atoms with Crippen LogP contribution in [-0.2, 0) is 17.9 Å². The number of carbonyl (C=O) groups excluding carboxylic acids is 1. The van der Waals surface area contributed by atoms with E-state index in [9.17, 15) is 10.1 Å². The Morgan fingerprint density at radius 2 is 2.04 bits per heavy atom. The van der Waals surface area contributed by atoms with Gasteiger partial charge in [0.25, 0.3) is 5.91 Å². The standard InChI is InChI=1S/C21H24ClN3O/c1-5-10-25-15(2)11-18(16(25)3)12-19(13-23)21(26)24(4)14-17-8-6-7-9-20(17)22/h6-9,11-12H,5,10,14H2,1-4H3/b19-12+. The Labute approximate surface area is 160 Å². The molecule has 0 fully saturated rings. The number of carbonyl (C=O) groups is 1. The Morgan fingerprint density at radius 3 is 2.65 bits per heavy atom. The van der Waals surface area contributed by atoms with E-state index in [1.807, 2.05) is 44.2 Å². The number of benzene rings is 1. The normalized spacial score (nSPS) is 11.3. The van der Waals surface area contributed by atoms with Crippen LogP contribution >= 0.6 is 11.6 Å². The number of amides is 1. The van der Waals surface area contributed by atoms with Crippen LogP contribution in [0.5, 0.6) is 0 Å². The highest BCUT2D eigenvalue weighted by Gasteiger charge is 2.17. The largest absolute Gasteiger partial charge is 0.349 e. The second kappa shape index (κ2) is 8.73. The molecule has 1 amide bonds. The smallest absolute Gasteiger partial charge is 0.264 e. The van der Waals surface area contributed by atoms with E-state index in [4.69, 9.17) is 11.6 Å². The van der Waals surface area contributed by atoms with Crippen molar-refractivity contribution in [2.75, 3.05) is 7.05 Å². The predicted molar refractivity (Wildman–Crippen MR) is 106 cm³/mol. The average molecular weight is 370 g/mol. The number of aromatic nitrogens is 1. The maximum Gasteiger partial charge on any atom is 0.264 e. The minimum Gasteiger partial charge on any atom is -0.349 e. The van der Waals surface area contributed by atoms with Gasteiger partial charge in [-0.25, -0.2) is 0 Å². The zero-order valence-electron chi connectivity index (χ0n) is 15.7. The molecule has 2 rings (SSSR count). The van der Waals surface area contributed by atoms with Crippen molar-refractivity contribution >= 4 is 23.6 Å². The molecule has 0 spiro atoms. The highest BCUT2D eigenvalue weighted by Crippen LogP contribution is 2.21. The van der Waals surface area contributed by atoms with Gasteiger partial charge in [0.15, 0.2) is 0 Å². The van der Waals surface area contributed by atoms with E-state index in [0.29, 0.717) is 11.6 Å². The van der Waals surface area contributed by atoms with Crippen LogP contribution in [0.25, 0.3) is 6.08 Å². The van der Waals surface area contributed by atoms with Crippen LogP contribution in [0.1, 0.15) is 35.9 Å². The first-order valence-electron chi connectivity index (χ1n) is 8.66. The van der Waals surface area contributed by atoms with Crippen molar-refractivity contribution in [3.05, 3.63) is 63.4 Å². The average Bonchev–Trinajstić information content (AvgIpc) is 2.88. The van der Waals surface area contributed by atoms with Gasteiger partial charge in [-0.15, -0.1) is 0 Å². The lowest BCUT2D eigenvalue weighted by Gasteiger charge is -2.17. The fourth-order valence-corrected chi connectivity index (χ4v) is 3.19. The van der Waals surface area contributed by atoms with Crippen LogP contribution in [0.3, 0.4) is 0 Å². The van der Waals surface area contributed by atoms with Gasteiger partial charge < -0.3 is 9.47 Å². The maximum absolute atomic E-state index is 12.7. The summed E-state index contributed by atoms with van der Waals surface area (Å²) in [5, 5.41) is 10.1. The number of likely N-dealkylation sites (N-methyl/N-ethyl adjacent to an activating group) is 1. The molecule has 1 aromatic carbocycles. The van der Waals surface area contributed by atoms with E-state index in [0.717, 1.165) is 35.5 Å². The molecule has 5 heteroatoms. The fraction of sp³-hybridized carbons (Fsp3) is 0.333. The molecule has 2 aromatic rings. The minimum absolute atomic E-state index is 0.122. The first-order chi connectivity index (χ1) is 12.4. The molecule has 0 aliphatic carbocycles. The van der Waals surface area contributed by atoms with Gasteiger partial charge in [-0.3, -0.25) is 4.79 Å². The monoisotopic (exact) mass is 369 g/mol. The van der Waals surface area contributed by atoms with E-state index in [2.05, 4.69) is 11.5 Å². The van der Waals surface area contributed by atoms with Gasteiger partial charge in [-0.2, -0.15) is 5.26 Å². The quantitative estimate of drug-likeness (QED) is 0.545. The summed E-state index contributed by atoms with van der Waals surface area (Å²) in [5.41, 5.74) is 4.08. The number of halogens is 1. The Balaban J connectivity index is 2.26. The molecule has 0 aliphatic rings. The van der Waals surface area contributed by atoms with Crippen LogP contribution in [0.4, 0.5) is 0 Å². The highest BCUT2D eigenvalue weighted by atomic mass is 35.5. The molecule has 0 unspecified atom stereocenters. The first kappa shape index (κ1) is 19.8. The van der Waals surface area contributed by atoms with Crippen molar-refractivity contribution in [2.45, 2.75) is 40.3 Å². The van der Waals surface area contributed by atoms with Crippen LogP contribution in [0, 0.1) is 25.2 Å². The third-order valence-corrected chi connectivity index (χ3v) is 4.79. The molecule has 1 aromatic heterocycles. The zero-order chi connectivity index (χ0) is 19.3. The van der Waals surface area contributed by atoms with Gasteiger partial charge in [0, 0.05) is 36.5 Å². The van der Waals surface area contributed by atoms with Gasteiger partial charge in [-0.1, -0.05) is 36.7 Å². The Morgan fingerprint density at radius 1 is 1.35 bits per heavy atom. The molecular weight excluding hydrogens is 346 g/mol. The van der Waals surface area contributed by atoms with Crippen molar-refractivity contribution < 1.29 is 4.79 Å². The molecule has 0 atom stereocenters. The summed E-state index contributed by atoms with van der Waals surface area (Å²) in [6.45, 7) is 7.46. The highest BCUT2D eigenvalue weighted by molar-refractivity contribution is 6.31. The Hall–Kier alpha value is -2.51. The van der Waals surface area contributed by atoms with Gasteiger partial charge in [0.2, 0.25) is 0 Å². The summed E-state index contributed by atoms with van der Waals surface area (Å²) in [5.74, 6) is -0.312. The number of hydrogen-bond donors (Lipinski definition) is 0. The third-order valence-electron chi connectivity index (χ3n) is 4.42. The molecule has 0 radical (unpaired) electrons. The molecule has 136 valence electrons. The van der Waals surface area contributed by atoms with Gasteiger partial charge >= 0.3 is 0 Å². The number of nitrogens with zero attached hydrogens (tertiary/aromatic N) is 3. The van der Waals surface area contributed by atoms with E-state index in [-0.39, 0.29) is 11.5 Å². The number of aryl methyl sites for hydroxylation is 1. The first-order valence-corrected chi connectivity index (χ1v) is 9.04. The fourth-order valence-electron chi connectivity index (χ4n) is 3.00. The summed E-state index contributed by atoms with van der Waals surface area (Å²) in [4.78, 5) is 14.2. The predicted octanol–water partition coefficient (Wildman–Crippen LogP) is 4.73. The second-order valence-corrected chi connectivity index (χ2v) is 6.81. The van der Waals surface area contributed by atoms with Crippen LogP contribution in [-0.4, -0.2) is 22.4 Å². The number of rotatable bonds is 6. The van der Waals surface area contributed by atoms with Crippen LogP contribution < -0.4 is 0 Å². The van der Waals surface area contributed by atoms with Crippen LogP contribution in [0.15, 0.2) is 35.9 Å². The van der Waals surface area contributed by atoms with Crippen molar-refractivity contribution in [1.82, 2.24) is 9.47 Å². The van der Waals surface area contributed by atoms with E-state index in [1.165, 1.54) is 4.90 Å². The second-order valence-electron chi connectivity index (χ2n) is 6.40. The van der Waals surface area contributed by atoms with Gasteiger partial charge in [0.1, 0.15) is 11.6 Å². The molecule has 0 N–H and O–H groups in total. The molecule has 0 aliphatic heterocycles. The lowest BCUT2D eigenvalue weighted by atomic mass is 10.1. The lowest BCUT2D eigenvalue weighted by molar-refractivity contribution is -0.125. The Kier molecular flexibility index (Phi) is 6.65. The Bertz CT molecular complexity index is 874. The summed E-state index contributed by atoms with van der Waals surface area (Å²) < 4.78 is 2.21. The molecule has 26 heavy (non-hydrogen) atoms. The van der Waals surface area contributed by atoms with Crippen molar-refractivity contribution in [3.8, 4) is 6.07 Å². The van der Waals surface area contributed by atoms with Crippen molar-refractivity contribution in [1.29, 1.82) is 5.26 Å². The minimum atomic E-state index is -0.312. The van der Waals surface area contributed by atoms with Crippen molar-refractivity contribution in [3.63, 3.8) is 0 Å². The third kappa shape index (κ3) is 4.36. The summed E-state index contributed by atoms with van der Waals surface area (Å²) in [6, 6.07) is 11.5. The zero-order valence-corrected chi connectivity index (χ0v) is 16.5. The summed E-state index contributed by atoms with van der Waals surface area (Å²) in [7, 11) is 1.68. The lowest BCUT2D eigenvalue weighted by Crippen LogP contribution is -2.27. The molecule has 0 saturated heterocycles. The molecule has 1 heterocycles. The topological polar surface area (TPSA) is 49.0 Å². The van der Waals surface area contributed by atoms with Gasteiger partial charge in [-0.05, 0) is 49.6 Å². The van der Waals surface area contributed by atoms with Crippen molar-refractivity contribution in [2.24, 2.45) is 0 Å².